The molecular weight excluding hydrogens is 398 g/mol. The van der Waals surface area contributed by atoms with Gasteiger partial charge in [-0.05, 0) is 80.8 Å². The van der Waals surface area contributed by atoms with Gasteiger partial charge < -0.3 is 10.2 Å². The Morgan fingerprint density at radius 3 is 2.72 bits per heavy atom. The fraction of sp³-hybridized carbons (Fsp3) is 0.500. The van der Waals surface area contributed by atoms with Crippen molar-refractivity contribution in [3.8, 4) is 0 Å². The number of hydrogen-bond donors (Lipinski definition) is 1. The van der Waals surface area contributed by atoms with E-state index in [2.05, 4.69) is 31.2 Å². The molecule has 2 aromatic rings. The number of piperidine rings is 3. The van der Waals surface area contributed by atoms with Crippen LogP contribution >= 0.6 is 0 Å². The van der Waals surface area contributed by atoms with Gasteiger partial charge in [0.15, 0.2) is 0 Å². The quantitative estimate of drug-likeness (QED) is 0.739. The number of carbonyl (C=O) groups excluding carboxylic acids is 1. The Balaban J connectivity index is 1.22. The Labute approximate surface area is 189 Å². The molecule has 6 rings (SSSR count). The number of amides is 1. The molecule has 0 saturated carbocycles. The van der Waals surface area contributed by atoms with Crippen LogP contribution in [0.2, 0.25) is 0 Å². The molecule has 166 valence electrons. The van der Waals surface area contributed by atoms with Crippen LogP contribution in [0.3, 0.4) is 0 Å². The van der Waals surface area contributed by atoms with Crippen LogP contribution in [0.5, 0.6) is 0 Å². The summed E-state index contributed by atoms with van der Waals surface area (Å²) >= 11 is 0. The molecule has 1 aromatic heterocycles. The van der Waals surface area contributed by atoms with Crippen molar-refractivity contribution in [3.05, 3.63) is 59.9 Å². The summed E-state index contributed by atoms with van der Waals surface area (Å²) in [5, 5.41) is 3.19. The Morgan fingerprint density at radius 2 is 1.88 bits per heavy atom. The second-order valence-corrected chi connectivity index (χ2v) is 9.78. The Bertz CT molecular complexity index is 1000. The van der Waals surface area contributed by atoms with Gasteiger partial charge in [-0.15, -0.1) is 0 Å². The van der Waals surface area contributed by atoms with Crippen molar-refractivity contribution in [3.63, 3.8) is 0 Å². The van der Waals surface area contributed by atoms with Gasteiger partial charge in [-0.25, -0.2) is 9.97 Å². The van der Waals surface area contributed by atoms with E-state index in [0.717, 1.165) is 43.2 Å². The largest absolute Gasteiger partial charge is 0.332 e. The molecule has 4 atom stereocenters. The van der Waals surface area contributed by atoms with Crippen LogP contribution < -0.4 is 5.32 Å². The lowest BCUT2D eigenvalue weighted by Crippen LogP contribution is -2.60. The molecule has 6 nitrogen and oxygen atoms in total. The highest BCUT2D eigenvalue weighted by Crippen LogP contribution is 2.45. The number of hydrogen-bond acceptors (Lipinski definition) is 5. The summed E-state index contributed by atoms with van der Waals surface area (Å²) in [6, 6.07) is 10.6. The van der Waals surface area contributed by atoms with Gasteiger partial charge in [-0.1, -0.05) is 18.1 Å². The fourth-order valence-corrected chi connectivity index (χ4v) is 6.56. The first kappa shape index (κ1) is 19.9. The summed E-state index contributed by atoms with van der Waals surface area (Å²) in [6.07, 6.45) is 13.5. The first-order valence-electron chi connectivity index (χ1n) is 12.2. The maximum atomic E-state index is 13.6. The second-order valence-electron chi connectivity index (χ2n) is 9.78. The third-order valence-corrected chi connectivity index (χ3v) is 7.87. The van der Waals surface area contributed by atoms with Crippen LogP contribution in [0, 0.1) is 11.8 Å². The van der Waals surface area contributed by atoms with Gasteiger partial charge in [0.2, 0.25) is 5.95 Å². The summed E-state index contributed by atoms with van der Waals surface area (Å²) in [7, 11) is 0. The van der Waals surface area contributed by atoms with E-state index in [1.165, 1.54) is 37.8 Å². The van der Waals surface area contributed by atoms with E-state index < -0.39 is 0 Å². The molecule has 0 radical (unpaired) electrons. The number of nitrogens with zero attached hydrogens (tertiary/aromatic N) is 4. The number of fused-ring (bicyclic) bond motifs is 6. The number of anilines is 2. The van der Waals surface area contributed by atoms with Gasteiger partial charge in [0.25, 0.3) is 5.91 Å². The number of benzene rings is 1. The zero-order chi connectivity index (χ0) is 21.5. The highest BCUT2D eigenvalue weighted by Gasteiger charge is 2.46. The molecule has 2 bridgehead atoms. The molecule has 0 unspecified atom stereocenters. The van der Waals surface area contributed by atoms with Gasteiger partial charge in [0.05, 0.1) is 6.04 Å². The molecule has 4 aliphatic rings. The molecule has 1 N–H and O–H groups in total. The van der Waals surface area contributed by atoms with Crippen molar-refractivity contribution in [2.45, 2.75) is 50.6 Å². The molecule has 1 amide bonds. The number of aromatic nitrogens is 2. The number of nitrogens with one attached hydrogen (secondary N) is 1. The minimum absolute atomic E-state index is 0.169. The lowest BCUT2D eigenvalue weighted by Gasteiger charge is -2.54. The van der Waals surface area contributed by atoms with Gasteiger partial charge >= 0.3 is 0 Å². The summed E-state index contributed by atoms with van der Waals surface area (Å²) in [5.74, 6) is 2.00. The molecule has 3 aliphatic heterocycles. The molecular formula is C26H31N5O. The SMILES string of the molecule is O=C(c1ccc(Nc2ncccn2)cc1)N1CCCC2=C[C@H]3C[C@H](CN4CCCC[C@@H]34)[C@H]21. The van der Waals surface area contributed by atoms with Crippen LogP contribution in [0.15, 0.2) is 54.4 Å². The predicted octanol–water partition coefficient (Wildman–Crippen LogP) is 4.26. The van der Waals surface area contributed by atoms with E-state index in [1.807, 2.05) is 24.3 Å². The molecule has 6 heteroatoms. The Kier molecular flexibility index (Phi) is 5.18. The first-order valence-corrected chi connectivity index (χ1v) is 12.2. The smallest absolute Gasteiger partial charge is 0.254 e. The number of likely N-dealkylation sites (tertiary alicyclic amines) is 1. The molecule has 0 spiro atoms. The van der Waals surface area contributed by atoms with E-state index in [1.54, 1.807) is 18.5 Å². The normalized spacial score (nSPS) is 29.5. The van der Waals surface area contributed by atoms with Crippen LogP contribution in [0.1, 0.15) is 48.9 Å². The van der Waals surface area contributed by atoms with E-state index in [0.29, 0.717) is 17.8 Å². The molecule has 3 fully saturated rings. The third kappa shape index (κ3) is 3.60. The van der Waals surface area contributed by atoms with Crippen molar-refractivity contribution >= 4 is 17.5 Å². The predicted molar refractivity (Wildman–Crippen MR) is 125 cm³/mol. The second kappa shape index (κ2) is 8.32. The van der Waals surface area contributed by atoms with Crippen molar-refractivity contribution in [2.24, 2.45) is 11.8 Å². The summed E-state index contributed by atoms with van der Waals surface area (Å²) in [4.78, 5) is 26.9. The lowest BCUT2D eigenvalue weighted by molar-refractivity contribution is 0.00148. The molecule has 1 aromatic carbocycles. The van der Waals surface area contributed by atoms with Crippen molar-refractivity contribution in [2.75, 3.05) is 25.0 Å². The Morgan fingerprint density at radius 1 is 1.03 bits per heavy atom. The maximum Gasteiger partial charge on any atom is 0.254 e. The average Bonchev–Trinajstić information content (AvgIpc) is 2.84. The maximum absolute atomic E-state index is 13.6. The molecule has 32 heavy (non-hydrogen) atoms. The van der Waals surface area contributed by atoms with Gasteiger partial charge in [0.1, 0.15) is 0 Å². The van der Waals surface area contributed by atoms with Crippen LogP contribution in [-0.4, -0.2) is 57.4 Å². The Hall–Kier alpha value is -2.73. The molecule has 3 saturated heterocycles. The standard InChI is InChI=1S/C26H31N5O/c32-25(18-7-9-22(10-8-18)29-26-27-11-4-12-28-26)31-14-3-5-19-15-20-16-21(24(19)31)17-30-13-2-1-6-23(20)30/h4,7-12,15,20-21,23-24H,1-3,5-6,13-14,16-17H2,(H,27,28,29)/t20-,21+,23-,24-/m0/s1. The van der Waals surface area contributed by atoms with Crippen molar-refractivity contribution < 1.29 is 4.79 Å². The minimum Gasteiger partial charge on any atom is -0.332 e. The van der Waals surface area contributed by atoms with E-state index >= 15 is 0 Å². The van der Waals surface area contributed by atoms with Crippen LogP contribution in [0.4, 0.5) is 11.6 Å². The highest BCUT2D eigenvalue weighted by molar-refractivity contribution is 5.95. The van der Waals surface area contributed by atoms with E-state index in [-0.39, 0.29) is 11.9 Å². The molecule has 1 aliphatic carbocycles. The summed E-state index contributed by atoms with van der Waals surface area (Å²) < 4.78 is 0. The average molecular weight is 430 g/mol. The minimum atomic E-state index is 0.169. The van der Waals surface area contributed by atoms with Crippen LogP contribution in [0.25, 0.3) is 0 Å². The van der Waals surface area contributed by atoms with Gasteiger partial charge in [-0.2, -0.15) is 0 Å². The van der Waals surface area contributed by atoms with E-state index in [9.17, 15) is 4.79 Å². The summed E-state index contributed by atoms with van der Waals surface area (Å²) in [5.41, 5.74) is 3.19. The van der Waals surface area contributed by atoms with Gasteiger partial charge in [0, 0.05) is 42.8 Å². The summed E-state index contributed by atoms with van der Waals surface area (Å²) in [6.45, 7) is 3.26. The zero-order valence-electron chi connectivity index (χ0n) is 18.5. The van der Waals surface area contributed by atoms with Gasteiger partial charge in [-0.3, -0.25) is 9.69 Å². The monoisotopic (exact) mass is 429 g/mol. The van der Waals surface area contributed by atoms with Crippen molar-refractivity contribution in [1.29, 1.82) is 0 Å². The fourth-order valence-electron chi connectivity index (χ4n) is 6.56. The highest BCUT2D eigenvalue weighted by atomic mass is 16.2. The lowest BCUT2D eigenvalue weighted by atomic mass is 9.68. The topological polar surface area (TPSA) is 61.4 Å². The van der Waals surface area contributed by atoms with Crippen molar-refractivity contribution in [1.82, 2.24) is 19.8 Å². The number of carbonyl (C=O) groups is 1. The zero-order valence-corrected chi connectivity index (χ0v) is 18.5. The first-order chi connectivity index (χ1) is 15.8. The molecule has 4 heterocycles. The third-order valence-electron chi connectivity index (χ3n) is 7.87. The van der Waals surface area contributed by atoms with Crippen LogP contribution in [-0.2, 0) is 0 Å². The number of rotatable bonds is 3. The van der Waals surface area contributed by atoms with E-state index in [4.69, 9.17) is 0 Å².